The van der Waals surface area contributed by atoms with E-state index in [0.29, 0.717) is 5.56 Å². The molecule has 0 bridgehead atoms. The highest BCUT2D eigenvalue weighted by atomic mass is 16.4. The first kappa shape index (κ1) is 15.3. The smallest absolute Gasteiger partial charge is 0.305 e. The first-order valence-electron chi connectivity index (χ1n) is 7.27. The van der Waals surface area contributed by atoms with Crippen LogP contribution in [0.25, 0.3) is 0 Å². The zero-order chi connectivity index (χ0) is 15.2. The standard InChI is InChI=1S/C15H21N3O3/c1-11-5-8-18(9-6-11)13-3-2-12(10-17-13)15(21)16-7-4-14(19)20/h2-3,10-11H,4-9H2,1H3,(H,16,21)(H,19,20). The number of piperidine rings is 1. The predicted molar refractivity (Wildman–Crippen MR) is 79.4 cm³/mol. The minimum Gasteiger partial charge on any atom is -0.481 e. The fourth-order valence-corrected chi connectivity index (χ4v) is 2.33. The number of hydrogen-bond donors (Lipinski definition) is 2. The number of carboxylic acids is 1. The Morgan fingerprint density at radius 1 is 1.38 bits per heavy atom. The van der Waals surface area contributed by atoms with E-state index in [1.807, 2.05) is 6.07 Å². The molecule has 0 aromatic carbocycles. The fraction of sp³-hybridized carbons (Fsp3) is 0.533. The van der Waals surface area contributed by atoms with Gasteiger partial charge in [0.25, 0.3) is 5.91 Å². The topological polar surface area (TPSA) is 82.5 Å². The summed E-state index contributed by atoms with van der Waals surface area (Å²) in [4.78, 5) is 28.8. The number of carbonyl (C=O) groups excluding carboxylic acids is 1. The Morgan fingerprint density at radius 3 is 2.67 bits per heavy atom. The van der Waals surface area contributed by atoms with Crippen molar-refractivity contribution in [1.82, 2.24) is 10.3 Å². The lowest BCUT2D eigenvalue weighted by Gasteiger charge is -2.31. The molecule has 1 aromatic rings. The molecule has 0 unspecified atom stereocenters. The quantitative estimate of drug-likeness (QED) is 0.859. The van der Waals surface area contributed by atoms with E-state index in [0.717, 1.165) is 24.8 Å². The zero-order valence-electron chi connectivity index (χ0n) is 12.2. The van der Waals surface area contributed by atoms with Crippen LogP contribution < -0.4 is 10.2 Å². The van der Waals surface area contributed by atoms with Crippen LogP contribution in [-0.4, -0.2) is 41.6 Å². The zero-order valence-corrected chi connectivity index (χ0v) is 12.2. The molecule has 21 heavy (non-hydrogen) atoms. The van der Waals surface area contributed by atoms with Crippen molar-refractivity contribution in [1.29, 1.82) is 0 Å². The number of carboxylic acid groups (broad SMARTS) is 1. The van der Waals surface area contributed by atoms with Crippen LogP contribution >= 0.6 is 0 Å². The highest BCUT2D eigenvalue weighted by molar-refractivity contribution is 5.94. The highest BCUT2D eigenvalue weighted by Crippen LogP contribution is 2.21. The Balaban J connectivity index is 1.89. The number of rotatable bonds is 5. The first-order chi connectivity index (χ1) is 10.1. The van der Waals surface area contributed by atoms with E-state index < -0.39 is 5.97 Å². The Hall–Kier alpha value is -2.11. The van der Waals surface area contributed by atoms with Gasteiger partial charge in [-0.05, 0) is 30.9 Å². The molecular formula is C15H21N3O3. The maximum Gasteiger partial charge on any atom is 0.305 e. The average molecular weight is 291 g/mol. The first-order valence-corrected chi connectivity index (χ1v) is 7.27. The highest BCUT2D eigenvalue weighted by Gasteiger charge is 2.17. The third-order valence-electron chi connectivity index (χ3n) is 3.74. The lowest BCUT2D eigenvalue weighted by atomic mass is 9.99. The molecule has 1 amide bonds. The molecule has 1 aromatic heterocycles. The second kappa shape index (κ2) is 7.06. The largest absolute Gasteiger partial charge is 0.481 e. The van der Waals surface area contributed by atoms with Crippen LogP contribution in [0.4, 0.5) is 5.82 Å². The summed E-state index contributed by atoms with van der Waals surface area (Å²) in [6, 6.07) is 3.58. The second-order valence-electron chi connectivity index (χ2n) is 5.47. The number of nitrogens with one attached hydrogen (secondary N) is 1. The van der Waals surface area contributed by atoms with Crippen molar-refractivity contribution in [2.24, 2.45) is 5.92 Å². The monoisotopic (exact) mass is 291 g/mol. The summed E-state index contributed by atoms with van der Waals surface area (Å²) in [5.41, 5.74) is 0.453. The van der Waals surface area contributed by atoms with Gasteiger partial charge in [-0.25, -0.2) is 4.98 Å². The second-order valence-corrected chi connectivity index (χ2v) is 5.47. The van der Waals surface area contributed by atoms with E-state index in [2.05, 4.69) is 22.1 Å². The van der Waals surface area contributed by atoms with Crippen LogP contribution in [0.1, 0.15) is 36.5 Å². The number of pyridine rings is 1. The molecule has 2 N–H and O–H groups in total. The number of amides is 1. The minimum absolute atomic E-state index is 0.0801. The van der Waals surface area contributed by atoms with Crippen LogP contribution in [0.5, 0.6) is 0 Å². The normalized spacial score (nSPS) is 15.8. The molecule has 0 spiro atoms. The predicted octanol–water partition coefficient (Wildman–Crippen LogP) is 1.52. The van der Waals surface area contributed by atoms with E-state index in [1.165, 1.54) is 12.8 Å². The molecule has 0 radical (unpaired) electrons. The van der Waals surface area contributed by atoms with Crippen molar-refractivity contribution >= 4 is 17.7 Å². The summed E-state index contributed by atoms with van der Waals surface area (Å²) in [7, 11) is 0. The van der Waals surface area contributed by atoms with Gasteiger partial charge in [0.1, 0.15) is 5.82 Å². The molecule has 2 rings (SSSR count). The van der Waals surface area contributed by atoms with Gasteiger partial charge in [-0.3, -0.25) is 9.59 Å². The van der Waals surface area contributed by atoms with Gasteiger partial charge in [0, 0.05) is 25.8 Å². The van der Waals surface area contributed by atoms with Crippen molar-refractivity contribution in [2.75, 3.05) is 24.5 Å². The van der Waals surface area contributed by atoms with E-state index >= 15 is 0 Å². The number of carbonyl (C=O) groups is 2. The third-order valence-corrected chi connectivity index (χ3v) is 3.74. The summed E-state index contributed by atoms with van der Waals surface area (Å²) in [6.07, 6.45) is 3.80. The Bertz CT molecular complexity index is 493. The van der Waals surface area contributed by atoms with Gasteiger partial charge in [-0.1, -0.05) is 6.92 Å². The van der Waals surface area contributed by atoms with Gasteiger partial charge >= 0.3 is 5.97 Å². The van der Waals surface area contributed by atoms with Crippen LogP contribution in [0.2, 0.25) is 0 Å². The van der Waals surface area contributed by atoms with E-state index in [9.17, 15) is 9.59 Å². The molecule has 1 fully saturated rings. The van der Waals surface area contributed by atoms with Gasteiger partial charge in [-0.15, -0.1) is 0 Å². The molecule has 114 valence electrons. The van der Waals surface area contributed by atoms with Crippen molar-refractivity contribution in [3.05, 3.63) is 23.9 Å². The number of nitrogens with zero attached hydrogens (tertiary/aromatic N) is 2. The molecule has 1 saturated heterocycles. The molecule has 0 aliphatic carbocycles. The number of hydrogen-bond acceptors (Lipinski definition) is 4. The fourth-order valence-electron chi connectivity index (χ4n) is 2.33. The Kier molecular flexibility index (Phi) is 5.14. The van der Waals surface area contributed by atoms with Crippen LogP contribution in [0.3, 0.4) is 0 Å². The third kappa shape index (κ3) is 4.44. The number of anilines is 1. The lowest BCUT2D eigenvalue weighted by molar-refractivity contribution is -0.136. The Labute approximate surface area is 124 Å². The van der Waals surface area contributed by atoms with E-state index in [1.54, 1.807) is 12.3 Å². The SMILES string of the molecule is CC1CCN(c2ccc(C(=O)NCCC(=O)O)cn2)CC1. The van der Waals surface area contributed by atoms with Crippen molar-refractivity contribution in [3.63, 3.8) is 0 Å². The maximum atomic E-state index is 11.8. The van der Waals surface area contributed by atoms with Gasteiger partial charge in [0.05, 0.1) is 12.0 Å². The van der Waals surface area contributed by atoms with Crippen LogP contribution in [0, 0.1) is 5.92 Å². The molecule has 1 aliphatic heterocycles. The summed E-state index contributed by atoms with van der Waals surface area (Å²) in [5.74, 6) is 0.440. The minimum atomic E-state index is -0.928. The maximum absolute atomic E-state index is 11.8. The summed E-state index contributed by atoms with van der Waals surface area (Å²) >= 11 is 0. The molecule has 6 heteroatoms. The molecule has 6 nitrogen and oxygen atoms in total. The number of aromatic nitrogens is 1. The lowest BCUT2D eigenvalue weighted by Crippen LogP contribution is -2.33. The molecule has 2 heterocycles. The van der Waals surface area contributed by atoms with E-state index in [4.69, 9.17) is 5.11 Å². The molecule has 0 atom stereocenters. The van der Waals surface area contributed by atoms with Gasteiger partial charge in [0.15, 0.2) is 0 Å². The van der Waals surface area contributed by atoms with Gasteiger partial charge in [-0.2, -0.15) is 0 Å². The van der Waals surface area contributed by atoms with Crippen LogP contribution in [-0.2, 0) is 4.79 Å². The van der Waals surface area contributed by atoms with Gasteiger partial charge in [0.2, 0.25) is 0 Å². The van der Waals surface area contributed by atoms with Gasteiger partial charge < -0.3 is 15.3 Å². The van der Waals surface area contributed by atoms with E-state index in [-0.39, 0.29) is 18.9 Å². The van der Waals surface area contributed by atoms with Crippen LogP contribution in [0.15, 0.2) is 18.3 Å². The molecule has 1 aliphatic rings. The summed E-state index contributed by atoms with van der Waals surface area (Å²) in [5, 5.41) is 11.1. The van der Waals surface area contributed by atoms with Crippen molar-refractivity contribution in [3.8, 4) is 0 Å². The molecule has 0 saturated carbocycles. The van der Waals surface area contributed by atoms with Crippen molar-refractivity contribution < 1.29 is 14.7 Å². The average Bonchev–Trinajstić information content (AvgIpc) is 2.48. The number of aliphatic carboxylic acids is 1. The molecular weight excluding hydrogens is 270 g/mol. The Morgan fingerprint density at radius 2 is 2.10 bits per heavy atom. The summed E-state index contributed by atoms with van der Waals surface area (Å²) in [6.45, 7) is 4.38. The van der Waals surface area contributed by atoms with Crippen molar-refractivity contribution in [2.45, 2.75) is 26.2 Å². The summed E-state index contributed by atoms with van der Waals surface area (Å²) < 4.78 is 0.